The number of hydrogen-bond donors (Lipinski definition) is 0. The van der Waals surface area contributed by atoms with Crippen molar-refractivity contribution in [1.29, 1.82) is 0 Å². The molecular weight excluding hydrogens is 391 g/mol. The van der Waals surface area contributed by atoms with Crippen LogP contribution in [-0.4, -0.2) is 26.4 Å². The number of halogens is 2. The molecule has 0 spiro atoms. The summed E-state index contributed by atoms with van der Waals surface area (Å²) in [7, 11) is 0. The number of carbonyl (C=O) groups is 1. The maximum atomic E-state index is 14.3. The molecule has 3 heterocycles. The van der Waals surface area contributed by atoms with E-state index in [2.05, 4.69) is 25.9 Å². The van der Waals surface area contributed by atoms with Crippen molar-refractivity contribution in [2.24, 2.45) is 0 Å². The molecule has 1 aromatic carbocycles. The van der Waals surface area contributed by atoms with Crippen LogP contribution in [0.1, 0.15) is 18.3 Å². The zero-order valence-electron chi connectivity index (χ0n) is 13.5. The molecule has 2 aromatic heterocycles. The zero-order valence-corrected chi connectivity index (χ0v) is 15.1. The first-order chi connectivity index (χ1) is 12.0. The van der Waals surface area contributed by atoms with Crippen LogP contribution in [0.15, 0.2) is 35.2 Å². The molecule has 3 aromatic rings. The fourth-order valence-electron chi connectivity index (χ4n) is 3.01. The molecule has 4 rings (SSSR count). The van der Waals surface area contributed by atoms with Gasteiger partial charge in [-0.3, -0.25) is 19.1 Å². The Bertz CT molecular complexity index is 1000. The van der Waals surface area contributed by atoms with Gasteiger partial charge in [-0.1, -0.05) is 15.9 Å². The second-order valence-electron chi connectivity index (χ2n) is 5.87. The summed E-state index contributed by atoms with van der Waals surface area (Å²) in [4.78, 5) is 22.8. The minimum atomic E-state index is -0.760. The summed E-state index contributed by atoms with van der Waals surface area (Å²) < 4.78 is 22.2. The lowest BCUT2D eigenvalue weighted by atomic mass is 10.1. The summed E-state index contributed by atoms with van der Waals surface area (Å²) in [6.45, 7) is 3.75. The van der Waals surface area contributed by atoms with E-state index in [0.717, 1.165) is 11.4 Å². The molecule has 0 radical (unpaired) electrons. The molecular formula is C17H14BrFN4O2. The lowest BCUT2D eigenvalue weighted by Gasteiger charge is -2.33. The van der Waals surface area contributed by atoms with E-state index in [0.29, 0.717) is 15.8 Å². The quantitative estimate of drug-likeness (QED) is 0.657. The van der Waals surface area contributed by atoms with Crippen LogP contribution < -0.4 is 9.64 Å². The summed E-state index contributed by atoms with van der Waals surface area (Å²) in [5.41, 5.74) is 2.73. The largest absolute Gasteiger partial charge is 0.476 e. The predicted octanol–water partition coefficient (Wildman–Crippen LogP) is 3.25. The van der Waals surface area contributed by atoms with Crippen LogP contribution in [0, 0.1) is 12.7 Å². The van der Waals surface area contributed by atoms with Gasteiger partial charge in [0.25, 0.3) is 5.91 Å². The number of nitrogens with zero attached hydrogens (tertiary/aromatic N) is 4. The maximum absolute atomic E-state index is 14.3. The monoisotopic (exact) mass is 404 g/mol. The third kappa shape index (κ3) is 2.57. The maximum Gasteiger partial charge on any atom is 0.268 e. The highest BCUT2D eigenvalue weighted by atomic mass is 79.9. The van der Waals surface area contributed by atoms with Crippen LogP contribution in [-0.2, 0) is 11.3 Å². The van der Waals surface area contributed by atoms with Gasteiger partial charge in [0.2, 0.25) is 0 Å². The van der Waals surface area contributed by atoms with Gasteiger partial charge < -0.3 is 4.74 Å². The zero-order chi connectivity index (χ0) is 17.7. The normalized spacial score (nSPS) is 16.9. The summed E-state index contributed by atoms with van der Waals surface area (Å²) in [6.07, 6.45) is 4.35. The molecule has 8 heteroatoms. The van der Waals surface area contributed by atoms with Crippen LogP contribution in [0.3, 0.4) is 0 Å². The van der Waals surface area contributed by atoms with Gasteiger partial charge in [0.15, 0.2) is 23.3 Å². The van der Waals surface area contributed by atoms with Gasteiger partial charge in [0, 0.05) is 16.9 Å². The van der Waals surface area contributed by atoms with Gasteiger partial charge in [-0.2, -0.15) is 0 Å². The predicted molar refractivity (Wildman–Crippen MR) is 93.1 cm³/mol. The molecule has 25 heavy (non-hydrogen) atoms. The number of benzene rings is 1. The fourth-order valence-corrected chi connectivity index (χ4v) is 3.43. The SMILES string of the molecule is Cc1nc2cnccn2c1CN1C(=O)[C@@H](C)Oc2c(F)cc(Br)cc21. The molecule has 0 saturated heterocycles. The first-order valence-electron chi connectivity index (χ1n) is 7.70. The number of fused-ring (bicyclic) bond motifs is 2. The Balaban J connectivity index is 1.85. The molecule has 6 nitrogen and oxygen atoms in total. The Labute approximate surface area is 151 Å². The number of anilines is 1. The molecule has 128 valence electrons. The van der Waals surface area contributed by atoms with Crippen molar-refractivity contribution in [3.63, 3.8) is 0 Å². The van der Waals surface area contributed by atoms with E-state index < -0.39 is 11.9 Å². The van der Waals surface area contributed by atoms with E-state index in [-0.39, 0.29) is 18.2 Å². The van der Waals surface area contributed by atoms with E-state index in [1.807, 2.05) is 11.3 Å². The third-order valence-corrected chi connectivity index (χ3v) is 4.68. The van der Waals surface area contributed by atoms with Gasteiger partial charge in [-0.05, 0) is 26.0 Å². The van der Waals surface area contributed by atoms with E-state index in [1.54, 1.807) is 31.6 Å². The van der Waals surface area contributed by atoms with Crippen molar-refractivity contribution in [2.45, 2.75) is 26.5 Å². The van der Waals surface area contributed by atoms with Crippen LogP contribution in [0.25, 0.3) is 5.65 Å². The smallest absolute Gasteiger partial charge is 0.268 e. The second-order valence-corrected chi connectivity index (χ2v) is 6.78. The van der Waals surface area contributed by atoms with Gasteiger partial charge >= 0.3 is 0 Å². The molecule has 0 saturated carbocycles. The number of imidazole rings is 1. The van der Waals surface area contributed by atoms with Crippen molar-refractivity contribution in [3.8, 4) is 5.75 Å². The molecule has 1 aliphatic heterocycles. The number of rotatable bonds is 2. The standard InChI is InChI=1S/C17H14BrFN4O2/c1-9-14(22-4-3-20-7-15(22)21-9)8-23-13-6-11(18)5-12(19)16(13)25-10(2)17(23)24/h3-7,10H,8H2,1-2H3/t10-/m1/s1. The Morgan fingerprint density at radius 3 is 3.00 bits per heavy atom. The summed E-state index contributed by atoms with van der Waals surface area (Å²) in [5, 5.41) is 0. The highest BCUT2D eigenvalue weighted by Crippen LogP contribution is 2.39. The van der Waals surface area contributed by atoms with Gasteiger partial charge in [0.05, 0.1) is 29.8 Å². The number of ether oxygens (including phenoxy) is 1. The molecule has 0 aliphatic carbocycles. The first kappa shape index (κ1) is 16.0. The summed E-state index contributed by atoms with van der Waals surface area (Å²) in [6, 6.07) is 3.01. The van der Waals surface area contributed by atoms with Crippen molar-refractivity contribution in [1.82, 2.24) is 14.4 Å². The van der Waals surface area contributed by atoms with E-state index in [4.69, 9.17) is 4.74 Å². The van der Waals surface area contributed by atoms with Gasteiger partial charge in [0.1, 0.15) is 0 Å². The van der Waals surface area contributed by atoms with Gasteiger partial charge in [-0.15, -0.1) is 0 Å². The second kappa shape index (κ2) is 5.80. The Kier molecular flexibility index (Phi) is 3.72. The van der Waals surface area contributed by atoms with E-state index in [1.165, 1.54) is 11.0 Å². The highest BCUT2D eigenvalue weighted by Gasteiger charge is 2.34. The molecule has 1 amide bonds. The average Bonchev–Trinajstić information content (AvgIpc) is 2.88. The van der Waals surface area contributed by atoms with Crippen molar-refractivity contribution < 1.29 is 13.9 Å². The van der Waals surface area contributed by atoms with Crippen molar-refractivity contribution >= 4 is 33.2 Å². The lowest BCUT2D eigenvalue weighted by molar-refractivity contribution is -0.125. The molecule has 0 fully saturated rings. The summed E-state index contributed by atoms with van der Waals surface area (Å²) in [5.74, 6) is -0.648. The minimum Gasteiger partial charge on any atom is -0.476 e. The van der Waals surface area contributed by atoms with E-state index >= 15 is 0 Å². The van der Waals surface area contributed by atoms with Crippen LogP contribution in [0.2, 0.25) is 0 Å². The number of hydrogen-bond acceptors (Lipinski definition) is 4. The van der Waals surface area contributed by atoms with Crippen molar-refractivity contribution in [3.05, 3.63) is 52.4 Å². The van der Waals surface area contributed by atoms with Crippen molar-refractivity contribution in [2.75, 3.05) is 4.90 Å². The topological polar surface area (TPSA) is 59.7 Å². The van der Waals surface area contributed by atoms with Crippen LogP contribution in [0.5, 0.6) is 5.75 Å². The molecule has 0 bridgehead atoms. The lowest BCUT2D eigenvalue weighted by Crippen LogP contribution is -2.44. The minimum absolute atomic E-state index is 0.0865. The number of carbonyl (C=O) groups excluding carboxylic acids is 1. The summed E-state index contributed by atoms with van der Waals surface area (Å²) >= 11 is 3.28. The highest BCUT2D eigenvalue weighted by molar-refractivity contribution is 9.10. The average molecular weight is 405 g/mol. The van der Waals surface area contributed by atoms with Gasteiger partial charge in [-0.25, -0.2) is 9.37 Å². The molecule has 0 unspecified atom stereocenters. The molecule has 1 aliphatic rings. The number of amides is 1. The third-order valence-electron chi connectivity index (χ3n) is 4.23. The fraction of sp³-hybridized carbons (Fsp3) is 0.235. The Morgan fingerprint density at radius 2 is 2.20 bits per heavy atom. The Hall–Kier alpha value is -2.48. The number of aromatic nitrogens is 3. The Morgan fingerprint density at radius 1 is 1.40 bits per heavy atom. The van der Waals surface area contributed by atoms with E-state index in [9.17, 15) is 9.18 Å². The molecule has 0 N–H and O–H groups in total. The number of aryl methyl sites for hydroxylation is 1. The van der Waals surface area contributed by atoms with Crippen LogP contribution >= 0.6 is 15.9 Å². The first-order valence-corrected chi connectivity index (χ1v) is 8.49. The molecule has 1 atom stereocenters. The van der Waals surface area contributed by atoms with Crippen LogP contribution in [0.4, 0.5) is 10.1 Å².